The van der Waals surface area contributed by atoms with Gasteiger partial charge in [0.25, 0.3) is 10.0 Å². The molecule has 1 saturated carbocycles. The predicted molar refractivity (Wildman–Crippen MR) is 125 cm³/mol. The number of fused-ring (bicyclic) bond motifs is 2. The van der Waals surface area contributed by atoms with Gasteiger partial charge in [0, 0.05) is 16.2 Å². The summed E-state index contributed by atoms with van der Waals surface area (Å²) in [5.74, 6) is -1.58. The molecule has 0 spiro atoms. The number of anilines is 1. The molecule has 8 nitrogen and oxygen atoms in total. The van der Waals surface area contributed by atoms with Gasteiger partial charge in [-0.25, -0.2) is 13.4 Å². The van der Waals surface area contributed by atoms with Gasteiger partial charge in [0.1, 0.15) is 0 Å². The van der Waals surface area contributed by atoms with Crippen LogP contribution in [-0.2, 0) is 21.2 Å². The second-order valence-corrected chi connectivity index (χ2v) is 12.6. The third-order valence-electron chi connectivity index (χ3n) is 7.83. The Bertz CT molecular complexity index is 1160. The van der Waals surface area contributed by atoms with E-state index < -0.39 is 38.8 Å². The highest BCUT2D eigenvalue weighted by atomic mass is 32.2. The van der Waals surface area contributed by atoms with Crippen LogP contribution in [0.3, 0.4) is 0 Å². The normalized spacial score (nSPS) is 31.5. The zero-order chi connectivity index (χ0) is 24.2. The van der Waals surface area contributed by atoms with E-state index in [9.17, 15) is 28.5 Å². The molecule has 0 amide bonds. The Kier molecular flexibility index (Phi) is 6.09. The van der Waals surface area contributed by atoms with E-state index in [-0.39, 0.29) is 29.0 Å². The Morgan fingerprint density at radius 1 is 1.27 bits per heavy atom. The monoisotopic (exact) mass is 494 g/mol. The number of aliphatic carboxylic acids is 1. The second kappa shape index (κ2) is 8.33. The molecule has 2 aromatic rings. The summed E-state index contributed by atoms with van der Waals surface area (Å²) in [6, 6.07) is 6.50. The summed E-state index contributed by atoms with van der Waals surface area (Å²) in [4.78, 5) is 17.3. The van der Waals surface area contributed by atoms with Crippen molar-refractivity contribution >= 4 is 32.5 Å². The van der Waals surface area contributed by atoms with Crippen molar-refractivity contribution in [2.45, 2.75) is 63.4 Å². The van der Waals surface area contributed by atoms with Crippen molar-refractivity contribution in [3.63, 3.8) is 0 Å². The lowest BCUT2D eigenvalue weighted by Crippen LogP contribution is -2.57. The lowest BCUT2D eigenvalue weighted by Gasteiger charge is -2.58. The van der Waals surface area contributed by atoms with Crippen LogP contribution in [0.4, 0.5) is 5.13 Å². The fraction of sp³-hybridized carbons (Fsp3) is 0.565. The number of aromatic nitrogens is 1. The maximum absolute atomic E-state index is 12.9. The number of thiazole rings is 1. The van der Waals surface area contributed by atoms with Crippen LogP contribution in [-0.4, -0.2) is 47.4 Å². The van der Waals surface area contributed by atoms with Crippen LogP contribution < -0.4 is 4.72 Å². The number of nitrogens with zero attached hydrogens (tertiary/aromatic N) is 1. The van der Waals surface area contributed by atoms with Gasteiger partial charge >= 0.3 is 5.97 Å². The molecule has 2 aliphatic carbocycles. The average molecular weight is 495 g/mol. The highest BCUT2D eigenvalue weighted by Crippen LogP contribution is 2.62. The zero-order valence-corrected chi connectivity index (χ0v) is 20.5. The Labute approximate surface area is 197 Å². The molecule has 1 fully saturated rings. The average Bonchev–Trinajstić information content (AvgIpc) is 3.14. The van der Waals surface area contributed by atoms with Crippen LogP contribution in [0.15, 0.2) is 29.2 Å². The molecule has 1 aromatic heterocycles. The van der Waals surface area contributed by atoms with Crippen molar-refractivity contribution in [2.75, 3.05) is 11.3 Å². The fourth-order valence-corrected chi connectivity index (χ4v) is 8.06. The number of benzene rings is 1. The minimum absolute atomic E-state index is 0.125. The van der Waals surface area contributed by atoms with Gasteiger partial charge in [0.2, 0.25) is 0 Å². The van der Waals surface area contributed by atoms with Crippen LogP contribution in [0.1, 0.15) is 55.2 Å². The maximum atomic E-state index is 12.9. The third kappa shape index (κ3) is 4.07. The quantitative estimate of drug-likeness (QED) is 0.484. The minimum atomic E-state index is -3.85. The van der Waals surface area contributed by atoms with Gasteiger partial charge < -0.3 is 15.3 Å². The second-order valence-electron chi connectivity index (χ2n) is 9.88. The SMILES string of the molecule is Cc1ccc(S(=O)(=O)Nc2nc3c(s2)C[C@@H]2[C@](C)(CO)[C@H](O)CC[C@@]2(C)[C@@H]3CC(=O)O)cc1. The first-order valence-electron chi connectivity index (χ1n) is 11.0. The topological polar surface area (TPSA) is 137 Å². The summed E-state index contributed by atoms with van der Waals surface area (Å²) < 4.78 is 28.3. The molecule has 0 saturated heterocycles. The van der Waals surface area contributed by atoms with E-state index in [1.165, 1.54) is 23.5 Å². The Balaban J connectivity index is 1.75. The van der Waals surface area contributed by atoms with E-state index in [1.54, 1.807) is 12.1 Å². The third-order valence-corrected chi connectivity index (χ3v) is 10.3. The molecule has 4 N–H and O–H groups in total. The summed E-state index contributed by atoms with van der Waals surface area (Å²) in [7, 11) is -3.85. The highest BCUT2D eigenvalue weighted by molar-refractivity contribution is 7.93. The fourth-order valence-electron chi connectivity index (χ4n) is 5.76. The lowest BCUT2D eigenvalue weighted by molar-refractivity contribution is -0.150. The van der Waals surface area contributed by atoms with Crippen molar-refractivity contribution in [3.8, 4) is 0 Å². The number of aryl methyl sites for hydroxylation is 1. The van der Waals surface area contributed by atoms with E-state index in [0.717, 1.165) is 10.4 Å². The molecule has 10 heteroatoms. The van der Waals surface area contributed by atoms with Crippen molar-refractivity contribution in [3.05, 3.63) is 40.4 Å². The van der Waals surface area contributed by atoms with Crippen molar-refractivity contribution in [1.82, 2.24) is 4.98 Å². The number of hydrogen-bond donors (Lipinski definition) is 4. The number of aliphatic hydroxyl groups is 2. The first-order valence-corrected chi connectivity index (χ1v) is 13.3. The van der Waals surface area contributed by atoms with Gasteiger partial charge in [-0.2, -0.15) is 0 Å². The summed E-state index contributed by atoms with van der Waals surface area (Å²) in [5, 5.41) is 30.8. The molecule has 0 radical (unpaired) electrons. The largest absolute Gasteiger partial charge is 0.481 e. The standard InChI is InChI=1S/C23H30N2O6S2/c1-13-4-6-14(7-5-13)33(30,31)25-21-24-20-15(10-19(28)29)22(2)9-8-18(27)23(3,12-26)17(22)11-16(20)32-21/h4-7,15,17-18,26-27H,8-12H2,1-3H3,(H,24,25)(H,28,29)/t15-,17+,18-,22+,23+/m1/s1. The number of sulfonamides is 1. The Morgan fingerprint density at radius 3 is 2.55 bits per heavy atom. The molecule has 1 aromatic carbocycles. The predicted octanol–water partition coefficient (Wildman–Crippen LogP) is 3.14. The van der Waals surface area contributed by atoms with E-state index >= 15 is 0 Å². The first-order chi connectivity index (χ1) is 15.4. The maximum Gasteiger partial charge on any atom is 0.304 e. The van der Waals surface area contributed by atoms with E-state index in [2.05, 4.69) is 9.71 Å². The van der Waals surface area contributed by atoms with Gasteiger partial charge in [-0.3, -0.25) is 9.52 Å². The van der Waals surface area contributed by atoms with Crippen LogP contribution in [0.25, 0.3) is 0 Å². The van der Waals surface area contributed by atoms with Crippen LogP contribution in [0, 0.1) is 23.7 Å². The molecular formula is C23H30N2O6S2. The van der Waals surface area contributed by atoms with Gasteiger partial charge in [-0.1, -0.05) is 31.5 Å². The molecule has 0 unspecified atom stereocenters. The summed E-state index contributed by atoms with van der Waals surface area (Å²) >= 11 is 1.20. The molecule has 1 heterocycles. The molecule has 2 aliphatic rings. The number of carboxylic acids is 1. The highest BCUT2D eigenvalue weighted by Gasteiger charge is 2.59. The van der Waals surface area contributed by atoms with E-state index in [1.807, 2.05) is 20.8 Å². The molecule has 0 aliphatic heterocycles. The Hall–Kier alpha value is -2.01. The summed E-state index contributed by atoms with van der Waals surface area (Å²) in [6.07, 6.45) is 0.728. The molecule has 5 atom stereocenters. The van der Waals surface area contributed by atoms with Gasteiger partial charge in [0.05, 0.1) is 29.7 Å². The van der Waals surface area contributed by atoms with Crippen molar-refractivity contribution in [1.29, 1.82) is 0 Å². The number of aliphatic hydroxyl groups excluding tert-OH is 2. The van der Waals surface area contributed by atoms with Gasteiger partial charge in [0.15, 0.2) is 5.13 Å². The number of rotatable bonds is 6. The summed E-state index contributed by atoms with van der Waals surface area (Å²) in [6.45, 7) is 5.53. The molecule has 180 valence electrons. The molecular weight excluding hydrogens is 464 g/mol. The van der Waals surface area contributed by atoms with Gasteiger partial charge in [-0.15, -0.1) is 11.3 Å². The molecule has 4 rings (SSSR count). The Morgan fingerprint density at radius 2 is 1.94 bits per heavy atom. The van der Waals surface area contributed by atoms with Crippen LogP contribution >= 0.6 is 11.3 Å². The lowest BCUT2D eigenvalue weighted by atomic mass is 9.47. The smallest absolute Gasteiger partial charge is 0.304 e. The number of hydrogen-bond acceptors (Lipinski definition) is 7. The van der Waals surface area contributed by atoms with Crippen molar-refractivity contribution < 1.29 is 28.5 Å². The molecule has 0 bridgehead atoms. The van der Waals surface area contributed by atoms with E-state index in [0.29, 0.717) is 25.0 Å². The number of nitrogens with one attached hydrogen (secondary N) is 1. The van der Waals surface area contributed by atoms with Gasteiger partial charge in [-0.05, 0) is 49.7 Å². The number of carboxylic acid groups (broad SMARTS) is 1. The van der Waals surface area contributed by atoms with Crippen molar-refractivity contribution in [2.24, 2.45) is 16.7 Å². The summed E-state index contributed by atoms with van der Waals surface area (Å²) in [5.41, 5.74) is 0.274. The minimum Gasteiger partial charge on any atom is -0.481 e. The first kappa shape index (κ1) is 24.1. The molecule has 33 heavy (non-hydrogen) atoms. The number of carbonyl (C=O) groups is 1. The van der Waals surface area contributed by atoms with Crippen LogP contribution in [0.2, 0.25) is 0 Å². The van der Waals surface area contributed by atoms with Crippen LogP contribution in [0.5, 0.6) is 0 Å². The van der Waals surface area contributed by atoms with E-state index in [4.69, 9.17) is 0 Å². The zero-order valence-electron chi connectivity index (χ0n) is 18.9.